The summed E-state index contributed by atoms with van der Waals surface area (Å²) in [6.45, 7) is 0. The van der Waals surface area contributed by atoms with Crippen LogP contribution in [0.3, 0.4) is 0 Å². The molecule has 5 heteroatoms. The Morgan fingerprint density at radius 2 is 1.75 bits per heavy atom. The quantitative estimate of drug-likeness (QED) is 0.841. The molecule has 2 nitrogen and oxygen atoms in total. The summed E-state index contributed by atoms with van der Waals surface area (Å²) in [5.41, 5.74) is 0.245. The maximum Gasteiger partial charge on any atom is 0.248 e. The van der Waals surface area contributed by atoms with Crippen molar-refractivity contribution in [3.8, 4) is 0 Å². The molecule has 0 atom stereocenters. The van der Waals surface area contributed by atoms with Crippen LogP contribution >= 0.6 is 11.6 Å². The zero-order valence-electron chi connectivity index (χ0n) is 10.2. The van der Waals surface area contributed by atoms with Gasteiger partial charge < -0.3 is 5.32 Å². The minimum atomic E-state index is -0.825. The summed E-state index contributed by atoms with van der Waals surface area (Å²) < 4.78 is 26.7. The number of hydrogen-bond donors (Lipinski definition) is 1. The third kappa shape index (κ3) is 3.65. The van der Waals surface area contributed by atoms with Crippen LogP contribution < -0.4 is 5.32 Å². The molecule has 2 aromatic rings. The predicted octanol–water partition coefficient (Wildman–Crippen LogP) is 4.27. The molecule has 0 aromatic heterocycles. The minimum absolute atomic E-state index is 0.465. The molecule has 0 radical (unpaired) electrons. The molecule has 20 heavy (non-hydrogen) atoms. The van der Waals surface area contributed by atoms with E-state index in [2.05, 4.69) is 5.32 Å². The Labute approximate surface area is 119 Å². The van der Waals surface area contributed by atoms with E-state index in [9.17, 15) is 13.6 Å². The highest BCUT2D eigenvalue weighted by Crippen LogP contribution is 2.18. The molecule has 0 aliphatic rings. The Bertz CT molecular complexity index is 650. The molecular weight excluding hydrogens is 284 g/mol. The predicted molar refractivity (Wildman–Crippen MR) is 75.5 cm³/mol. The Balaban J connectivity index is 2.10. The second-order valence-corrected chi connectivity index (χ2v) is 4.41. The van der Waals surface area contributed by atoms with Gasteiger partial charge in [0.1, 0.15) is 17.3 Å². The largest absolute Gasteiger partial charge is 0.318 e. The first-order chi connectivity index (χ1) is 9.56. The SMILES string of the molecule is O=C(C=Cc1cccc(Cl)c1)Nc1c(F)cccc1F. The lowest BCUT2D eigenvalue weighted by molar-refractivity contribution is -0.111. The smallest absolute Gasteiger partial charge is 0.248 e. The van der Waals surface area contributed by atoms with Crippen molar-refractivity contribution in [2.24, 2.45) is 0 Å². The summed E-state index contributed by atoms with van der Waals surface area (Å²) in [6, 6.07) is 10.2. The number of rotatable bonds is 3. The molecule has 0 bridgehead atoms. The van der Waals surface area contributed by atoms with Gasteiger partial charge in [0.25, 0.3) is 0 Å². The average molecular weight is 294 g/mol. The highest BCUT2D eigenvalue weighted by Gasteiger charge is 2.09. The lowest BCUT2D eigenvalue weighted by Crippen LogP contribution is -2.10. The zero-order valence-corrected chi connectivity index (χ0v) is 11.0. The molecule has 2 rings (SSSR count). The van der Waals surface area contributed by atoms with Crippen molar-refractivity contribution < 1.29 is 13.6 Å². The third-order valence-corrected chi connectivity index (χ3v) is 2.72. The monoisotopic (exact) mass is 293 g/mol. The summed E-state index contributed by atoms with van der Waals surface area (Å²) in [7, 11) is 0. The van der Waals surface area contributed by atoms with Crippen molar-refractivity contribution in [3.63, 3.8) is 0 Å². The average Bonchev–Trinajstić information content (AvgIpc) is 2.41. The van der Waals surface area contributed by atoms with Crippen molar-refractivity contribution in [3.05, 3.63) is 70.8 Å². The zero-order chi connectivity index (χ0) is 14.5. The van der Waals surface area contributed by atoms with E-state index >= 15 is 0 Å². The first-order valence-electron chi connectivity index (χ1n) is 5.75. The molecule has 0 aliphatic heterocycles. The van der Waals surface area contributed by atoms with E-state index in [0.717, 1.165) is 12.1 Å². The van der Waals surface area contributed by atoms with Crippen LogP contribution in [0.4, 0.5) is 14.5 Å². The van der Waals surface area contributed by atoms with Gasteiger partial charge in [-0.3, -0.25) is 4.79 Å². The highest BCUT2D eigenvalue weighted by atomic mass is 35.5. The van der Waals surface area contributed by atoms with Crippen LogP contribution in [-0.4, -0.2) is 5.91 Å². The minimum Gasteiger partial charge on any atom is -0.318 e. The molecule has 2 aromatic carbocycles. The van der Waals surface area contributed by atoms with Crippen LogP contribution in [0.2, 0.25) is 5.02 Å². The molecule has 1 amide bonds. The number of halogens is 3. The van der Waals surface area contributed by atoms with E-state index in [1.807, 2.05) is 0 Å². The second kappa shape index (κ2) is 6.30. The number of anilines is 1. The van der Waals surface area contributed by atoms with Crippen LogP contribution in [0.5, 0.6) is 0 Å². The third-order valence-electron chi connectivity index (χ3n) is 2.49. The van der Waals surface area contributed by atoms with E-state index in [-0.39, 0.29) is 0 Å². The van der Waals surface area contributed by atoms with Crippen LogP contribution in [-0.2, 0) is 4.79 Å². The van der Waals surface area contributed by atoms with E-state index in [4.69, 9.17) is 11.6 Å². The lowest BCUT2D eigenvalue weighted by atomic mass is 10.2. The molecule has 0 heterocycles. The second-order valence-electron chi connectivity index (χ2n) is 3.97. The molecule has 1 N–H and O–H groups in total. The van der Waals surface area contributed by atoms with Gasteiger partial charge >= 0.3 is 0 Å². The standard InChI is InChI=1S/C15H10ClF2NO/c16-11-4-1-3-10(9-11)7-8-14(20)19-15-12(17)5-2-6-13(15)18/h1-9H,(H,19,20). The Hall–Kier alpha value is -2.20. The number of amides is 1. The molecule has 0 unspecified atom stereocenters. The molecular formula is C15H10ClF2NO. The fraction of sp³-hybridized carbons (Fsp3) is 0. The summed E-state index contributed by atoms with van der Waals surface area (Å²) in [5.74, 6) is -2.28. The van der Waals surface area contributed by atoms with Gasteiger partial charge in [-0.05, 0) is 35.9 Å². The van der Waals surface area contributed by atoms with Gasteiger partial charge in [-0.2, -0.15) is 0 Å². The molecule has 0 spiro atoms. The fourth-order valence-corrected chi connectivity index (χ4v) is 1.76. The van der Waals surface area contributed by atoms with Crippen LogP contribution in [0.15, 0.2) is 48.5 Å². The number of nitrogens with one attached hydrogen (secondary N) is 1. The Morgan fingerprint density at radius 3 is 2.40 bits per heavy atom. The molecule has 0 aliphatic carbocycles. The summed E-state index contributed by atoms with van der Waals surface area (Å²) >= 11 is 5.80. The van der Waals surface area contributed by atoms with E-state index < -0.39 is 23.2 Å². The number of hydrogen-bond acceptors (Lipinski definition) is 1. The van der Waals surface area contributed by atoms with Gasteiger partial charge in [0, 0.05) is 11.1 Å². The fourth-order valence-electron chi connectivity index (χ4n) is 1.56. The van der Waals surface area contributed by atoms with Crippen molar-refractivity contribution in [2.45, 2.75) is 0 Å². The maximum atomic E-state index is 13.3. The maximum absolute atomic E-state index is 13.3. The van der Waals surface area contributed by atoms with Crippen LogP contribution in [0.1, 0.15) is 5.56 Å². The van der Waals surface area contributed by atoms with Crippen molar-refractivity contribution >= 4 is 29.3 Å². The van der Waals surface area contributed by atoms with Gasteiger partial charge in [0.2, 0.25) is 5.91 Å². The van der Waals surface area contributed by atoms with E-state index in [1.165, 1.54) is 18.2 Å². The number of para-hydroxylation sites is 1. The summed E-state index contributed by atoms with van der Waals surface area (Å²) in [4.78, 5) is 11.6. The lowest BCUT2D eigenvalue weighted by Gasteiger charge is -2.04. The van der Waals surface area contributed by atoms with Gasteiger partial charge in [0.15, 0.2) is 0 Å². The summed E-state index contributed by atoms with van der Waals surface area (Å²) in [5, 5.41) is 2.69. The van der Waals surface area contributed by atoms with Crippen molar-refractivity contribution in [2.75, 3.05) is 5.32 Å². The molecule has 0 fully saturated rings. The highest BCUT2D eigenvalue weighted by molar-refractivity contribution is 6.30. The normalized spacial score (nSPS) is 10.8. The Morgan fingerprint density at radius 1 is 1.10 bits per heavy atom. The van der Waals surface area contributed by atoms with Gasteiger partial charge in [-0.1, -0.05) is 29.8 Å². The number of benzene rings is 2. The van der Waals surface area contributed by atoms with Crippen molar-refractivity contribution in [1.82, 2.24) is 0 Å². The van der Waals surface area contributed by atoms with E-state index in [0.29, 0.717) is 10.6 Å². The van der Waals surface area contributed by atoms with Gasteiger partial charge in [-0.25, -0.2) is 8.78 Å². The molecule has 0 saturated carbocycles. The van der Waals surface area contributed by atoms with Gasteiger partial charge in [0.05, 0.1) is 0 Å². The molecule has 102 valence electrons. The first-order valence-corrected chi connectivity index (χ1v) is 6.13. The topological polar surface area (TPSA) is 29.1 Å². The number of carbonyl (C=O) groups excluding carboxylic acids is 1. The first kappa shape index (κ1) is 14.2. The molecule has 0 saturated heterocycles. The van der Waals surface area contributed by atoms with Gasteiger partial charge in [-0.15, -0.1) is 0 Å². The number of carbonyl (C=O) groups is 1. The summed E-state index contributed by atoms with van der Waals surface area (Å²) in [6.07, 6.45) is 2.68. The van der Waals surface area contributed by atoms with Crippen LogP contribution in [0, 0.1) is 11.6 Å². The van der Waals surface area contributed by atoms with Crippen LogP contribution in [0.25, 0.3) is 6.08 Å². The Kier molecular flexibility index (Phi) is 4.48. The van der Waals surface area contributed by atoms with Crippen molar-refractivity contribution in [1.29, 1.82) is 0 Å². The van der Waals surface area contributed by atoms with E-state index in [1.54, 1.807) is 24.3 Å².